The summed E-state index contributed by atoms with van der Waals surface area (Å²) in [6.45, 7) is 1.44. The first-order valence-corrected chi connectivity index (χ1v) is 6.04. The number of methoxy groups -OCH3 is 1. The number of hydrogen-bond acceptors (Lipinski definition) is 4. The van der Waals surface area contributed by atoms with Crippen LogP contribution in [-0.4, -0.2) is 37.2 Å². The van der Waals surface area contributed by atoms with E-state index in [0.29, 0.717) is 18.0 Å². The molecule has 6 nitrogen and oxygen atoms in total. The topological polar surface area (TPSA) is 87.7 Å². The van der Waals surface area contributed by atoms with Gasteiger partial charge < -0.3 is 20.5 Å². The third-order valence-corrected chi connectivity index (χ3v) is 3.15. The van der Waals surface area contributed by atoms with Crippen molar-refractivity contribution in [3.8, 4) is 5.75 Å². The number of benzene rings is 1. The molecule has 1 aromatic carbocycles. The third-order valence-electron chi connectivity index (χ3n) is 3.15. The first kappa shape index (κ1) is 13.4. The van der Waals surface area contributed by atoms with Crippen LogP contribution in [0.15, 0.2) is 18.2 Å². The molecule has 6 heteroatoms. The third kappa shape index (κ3) is 3.03. The van der Waals surface area contributed by atoms with Gasteiger partial charge in [0.05, 0.1) is 24.3 Å². The van der Waals surface area contributed by atoms with Gasteiger partial charge in [-0.3, -0.25) is 4.79 Å². The molecule has 102 valence electrons. The van der Waals surface area contributed by atoms with Crippen LogP contribution in [0.1, 0.15) is 16.8 Å². The SMILES string of the molecule is COc1ccc(NC(=O)C2CCNC2)c(C(=O)O)c1. The minimum absolute atomic E-state index is 0.0265. The number of rotatable bonds is 4. The second kappa shape index (κ2) is 5.71. The molecule has 1 atom stereocenters. The van der Waals surface area contributed by atoms with Gasteiger partial charge in [0.25, 0.3) is 0 Å². The van der Waals surface area contributed by atoms with E-state index in [-0.39, 0.29) is 17.4 Å². The van der Waals surface area contributed by atoms with E-state index in [1.807, 2.05) is 0 Å². The standard InChI is InChI=1S/C13H16N2O4/c1-19-9-2-3-11(10(6-9)13(17)18)15-12(16)8-4-5-14-7-8/h2-3,6,8,14H,4-5,7H2,1H3,(H,15,16)(H,17,18). The van der Waals surface area contributed by atoms with Crippen molar-refractivity contribution >= 4 is 17.6 Å². The molecule has 2 rings (SSSR count). The van der Waals surface area contributed by atoms with Crippen LogP contribution in [0.4, 0.5) is 5.69 Å². The molecular formula is C13H16N2O4. The highest BCUT2D eigenvalue weighted by molar-refractivity contribution is 6.01. The molecule has 0 aromatic heterocycles. The summed E-state index contributed by atoms with van der Waals surface area (Å²) in [6.07, 6.45) is 0.768. The molecule has 3 N–H and O–H groups in total. The molecule has 19 heavy (non-hydrogen) atoms. The van der Waals surface area contributed by atoms with Crippen molar-refractivity contribution < 1.29 is 19.4 Å². The van der Waals surface area contributed by atoms with Crippen LogP contribution in [0.2, 0.25) is 0 Å². The molecule has 1 aromatic rings. The Morgan fingerprint density at radius 1 is 1.47 bits per heavy atom. The number of amides is 1. The number of ether oxygens (including phenoxy) is 1. The largest absolute Gasteiger partial charge is 0.497 e. The molecule has 1 aliphatic rings. The van der Waals surface area contributed by atoms with E-state index in [9.17, 15) is 9.59 Å². The molecule has 0 bridgehead atoms. The predicted molar refractivity (Wildman–Crippen MR) is 69.6 cm³/mol. The number of nitrogens with one attached hydrogen (secondary N) is 2. The highest BCUT2D eigenvalue weighted by Crippen LogP contribution is 2.23. The molecule has 1 fully saturated rings. The summed E-state index contributed by atoms with van der Waals surface area (Å²) < 4.78 is 4.98. The second-order valence-corrected chi connectivity index (χ2v) is 4.40. The molecule has 1 heterocycles. The normalized spacial score (nSPS) is 18.1. The Morgan fingerprint density at radius 3 is 2.84 bits per heavy atom. The maximum atomic E-state index is 12.0. The van der Waals surface area contributed by atoms with Gasteiger partial charge in [-0.25, -0.2) is 4.79 Å². The minimum Gasteiger partial charge on any atom is -0.497 e. The predicted octanol–water partition coefficient (Wildman–Crippen LogP) is 0.941. The van der Waals surface area contributed by atoms with Gasteiger partial charge in [-0.2, -0.15) is 0 Å². The van der Waals surface area contributed by atoms with E-state index in [2.05, 4.69) is 10.6 Å². The van der Waals surface area contributed by atoms with Gasteiger partial charge >= 0.3 is 5.97 Å². The molecule has 1 saturated heterocycles. The fraction of sp³-hybridized carbons (Fsp3) is 0.385. The lowest BCUT2D eigenvalue weighted by molar-refractivity contribution is -0.119. The molecule has 1 amide bonds. The van der Waals surface area contributed by atoms with Gasteiger partial charge in [0.1, 0.15) is 5.75 Å². The number of carbonyl (C=O) groups is 2. The van der Waals surface area contributed by atoms with Gasteiger partial charge in [0.2, 0.25) is 5.91 Å². The first-order valence-electron chi connectivity index (χ1n) is 6.04. The molecule has 0 saturated carbocycles. The maximum absolute atomic E-state index is 12.0. The molecule has 0 radical (unpaired) electrons. The Morgan fingerprint density at radius 2 is 2.26 bits per heavy atom. The van der Waals surface area contributed by atoms with Crippen molar-refractivity contribution in [2.24, 2.45) is 5.92 Å². The van der Waals surface area contributed by atoms with E-state index in [4.69, 9.17) is 9.84 Å². The van der Waals surface area contributed by atoms with Crippen molar-refractivity contribution in [1.29, 1.82) is 0 Å². The van der Waals surface area contributed by atoms with E-state index >= 15 is 0 Å². The maximum Gasteiger partial charge on any atom is 0.337 e. The van der Waals surface area contributed by atoms with Crippen LogP contribution < -0.4 is 15.4 Å². The summed E-state index contributed by atoms with van der Waals surface area (Å²) in [5, 5.41) is 14.9. The van der Waals surface area contributed by atoms with Gasteiger partial charge in [0.15, 0.2) is 0 Å². The van der Waals surface area contributed by atoms with Crippen LogP contribution >= 0.6 is 0 Å². The van der Waals surface area contributed by atoms with E-state index in [0.717, 1.165) is 13.0 Å². The van der Waals surface area contributed by atoms with Crippen LogP contribution in [0.5, 0.6) is 5.75 Å². The average molecular weight is 264 g/mol. The molecule has 0 spiro atoms. The zero-order valence-electron chi connectivity index (χ0n) is 10.6. The molecule has 1 unspecified atom stereocenters. The van der Waals surface area contributed by atoms with Gasteiger partial charge in [-0.1, -0.05) is 0 Å². The smallest absolute Gasteiger partial charge is 0.337 e. The summed E-state index contributed by atoms with van der Waals surface area (Å²) in [7, 11) is 1.46. The number of aromatic carboxylic acids is 1. The number of carbonyl (C=O) groups excluding carboxylic acids is 1. The van der Waals surface area contributed by atoms with Gasteiger partial charge in [-0.05, 0) is 31.2 Å². The number of carboxylic acids is 1. The van der Waals surface area contributed by atoms with Crippen molar-refractivity contribution in [2.75, 3.05) is 25.5 Å². The van der Waals surface area contributed by atoms with Gasteiger partial charge in [-0.15, -0.1) is 0 Å². The van der Waals surface area contributed by atoms with Gasteiger partial charge in [0, 0.05) is 6.54 Å². The fourth-order valence-corrected chi connectivity index (χ4v) is 2.05. The highest BCUT2D eigenvalue weighted by Gasteiger charge is 2.23. The highest BCUT2D eigenvalue weighted by atomic mass is 16.5. The Labute approximate surface area is 110 Å². The molecule has 1 aliphatic heterocycles. The zero-order chi connectivity index (χ0) is 13.8. The molecular weight excluding hydrogens is 248 g/mol. The van der Waals surface area contributed by atoms with Crippen molar-refractivity contribution in [3.05, 3.63) is 23.8 Å². The lowest BCUT2D eigenvalue weighted by atomic mass is 10.1. The first-order chi connectivity index (χ1) is 9.11. The zero-order valence-corrected chi connectivity index (χ0v) is 10.6. The fourth-order valence-electron chi connectivity index (χ4n) is 2.05. The van der Waals surface area contributed by atoms with E-state index in [1.54, 1.807) is 12.1 Å². The Hall–Kier alpha value is -2.08. The van der Waals surface area contributed by atoms with Crippen LogP contribution in [0, 0.1) is 5.92 Å². The van der Waals surface area contributed by atoms with Crippen molar-refractivity contribution in [3.63, 3.8) is 0 Å². The summed E-state index contributed by atoms with van der Waals surface area (Å²) in [4.78, 5) is 23.1. The lowest BCUT2D eigenvalue weighted by Crippen LogP contribution is -2.25. The Kier molecular flexibility index (Phi) is 4.01. The van der Waals surface area contributed by atoms with Crippen molar-refractivity contribution in [1.82, 2.24) is 5.32 Å². The van der Waals surface area contributed by atoms with Crippen LogP contribution in [0.25, 0.3) is 0 Å². The number of carboxylic acid groups (broad SMARTS) is 1. The monoisotopic (exact) mass is 264 g/mol. The summed E-state index contributed by atoms with van der Waals surface area (Å²) in [6, 6.07) is 4.56. The van der Waals surface area contributed by atoms with Crippen LogP contribution in [-0.2, 0) is 4.79 Å². The average Bonchev–Trinajstić information content (AvgIpc) is 2.92. The minimum atomic E-state index is -1.10. The Bertz CT molecular complexity index is 495. The number of anilines is 1. The second-order valence-electron chi connectivity index (χ2n) is 4.40. The molecule has 0 aliphatic carbocycles. The van der Waals surface area contributed by atoms with E-state index < -0.39 is 5.97 Å². The summed E-state index contributed by atoms with van der Waals surface area (Å²) in [5.74, 6) is -0.918. The Balaban J connectivity index is 2.19. The van der Waals surface area contributed by atoms with E-state index in [1.165, 1.54) is 13.2 Å². The summed E-state index contributed by atoms with van der Waals surface area (Å²) in [5.41, 5.74) is 0.323. The number of hydrogen-bond donors (Lipinski definition) is 3. The lowest BCUT2D eigenvalue weighted by Gasteiger charge is -2.12. The van der Waals surface area contributed by atoms with Crippen molar-refractivity contribution in [2.45, 2.75) is 6.42 Å². The summed E-state index contributed by atoms with van der Waals surface area (Å²) >= 11 is 0. The van der Waals surface area contributed by atoms with Crippen LogP contribution in [0.3, 0.4) is 0 Å². The quantitative estimate of drug-likeness (QED) is 0.753.